The second kappa shape index (κ2) is 7.30. The topological polar surface area (TPSA) is 52.5 Å². The predicted molar refractivity (Wildman–Crippen MR) is 54.6 cm³/mol. The predicted octanol–water partition coefficient (Wildman–Crippen LogP) is 0.754. The summed E-state index contributed by atoms with van der Waals surface area (Å²) in [7, 11) is 0. The number of aliphatic hydroxyl groups is 2. The van der Waals surface area contributed by atoms with Gasteiger partial charge in [-0.25, -0.2) is 0 Å². The van der Waals surface area contributed by atoms with Crippen LogP contribution >= 0.6 is 0 Å². The van der Waals surface area contributed by atoms with Crippen LogP contribution < -0.4 is 5.32 Å². The Morgan fingerprint density at radius 2 is 1.62 bits per heavy atom. The molecule has 0 bridgehead atoms. The summed E-state index contributed by atoms with van der Waals surface area (Å²) in [6, 6.07) is 0. The molecule has 0 amide bonds. The van der Waals surface area contributed by atoms with E-state index in [0.29, 0.717) is 19.0 Å². The van der Waals surface area contributed by atoms with E-state index in [0.717, 1.165) is 12.8 Å². The van der Waals surface area contributed by atoms with E-state index in [9.17, 15) is 5.11 Å². The zero-order chi connectivity index (χ0) is 10.3. The fourth-order valence-corrected chi connectivity index (χ4v) is 1.44. The molecule has 0 saturated heterocycles. The number of hydrogen-bond acceptors (Lipinski definition) is 3. The van der Waals surface area contributed by atoms with Gasteiger partial charge in [0.2, 0.25) is 0 Å². The van der Waals surface area contributed by atoms with E-state index in [1.54, 1.807) is 6.92 Å². The lowest BCUT2D eigenvalue weighted by molar-refractivity contribution is 0.0961. The monoisotopic (exact) mass is 189 g/mol. The molecule has 0 aromatic heterocycles. The first-order valence-corrected chi connectivity index (χ1v) is 5.18. The van der Waals surface area contributed by atoms with Crippen molar-refractivity contribution in [1.29, 1.82) is 0 Å². The van der Waals surface area contributed by atoms with Gasteiger partial charge >= 0.3 is 0 Å². The van der Waals surface area contributed by atoms with E-state index in [2.05, 4.69) is 19.2 Å². The van der Waals surface area contributed by atoms with Gasteiger partial charge in [-0.3, -0.25) is 0 Å². The minimum atomic E-state index is -0.339. The molecule has 0 aromatic rings. The molecule has 3 N–H and O–H groups in total. The van der Waals surface area contributed by atoms with E-state index >= 15 is 0 Å². The summed E-state index contributed by atoms with van der Waals surface area (Å²) in [5.74, 6) is 0.376. The van der Waals surface area contributed by atoms with Crippen LogP contribution in [-0.4, -0.2) is 35.5 Å². The molecule has 0 fully saturated rings. The molecule has 3 heteroatoms. The molecule has 80 valence electrons. The second-order valence-electron chi connectivity index (χ2n) is 3.65. The highest BCUT2D eigenvalue weighted by atomic mass is 16.3. The summed E-state index contributed by atoms with van der Waals surface area (Å²) in [6.07, 6.45) is 1.39. The number of rotatable bonds is 7. The largest absolute Gasteiger partial charge is 0.392 e. The lowest BCUT2D eigenvalue weighted by atomic mass is 9.96. The van der Waals surface area contributed by atoms with Crippen LogP contribution in [0.2, 0.25) is 0 Å². The van der Waals surface area contributed by atoms with Crippen LogP contribution in [0.4, 0.5) is 0 Å². The standard InChI is InChI=1S/C10H23NO2/c1-4-9(5-2)10(13)7-11-6-8(3)12/h8-13H,4-7H2,1-3H3/t8-,10?/m0/s1. The smallest absolute Gasteiger partial charge is 0.0692 e. The Morgan fingerprint density at radius 3 is 2.00 bits per heavy atom. The zero-order valence-electron chi connectivity index (χ0n) is 8.95. The molecule has 0 aromatic carbocycles. The van der Waals surface area contributed by atoms with Crippen molar-refractivity contribution in [2.75, 3.05) is 13.1 Å². The van der Waals surface area contributed by atoms with Crippen molar-refractivity contribution in [2.24, 2.45) is 5.92 Å². The summed E-state index contributed by atoms with van der Waals surface area (Å²) >= 11 is 0. The molecule has 0 aliphatic carbocycles. The van der Waals surface area contributed by atoms with E-state index < -0.39 is 0 Å². The van der Waals surface area contributed by atoms with Gasteiger partial charge in [0, 0.05) is 13.1 Å². The molecule has 0 aliphatic rings. The van der Waals surface area contributed by atoms with Crippen LogP contribution in [0.1, 0.15) is 33.6 Å². The molecule has 0 aliphatic heterocycles. The lowest BCUT2D eigenvalue weighted by Crippen LogP contribution is -2.35. The fourth-order valence-electron chi connectivity index (χ4n) is 1.44. The van der Waals surface area contributed by atoms with Gasteiger partial charge in [-0.1, -0.05) is 26.7 Å². The molecule has 13 heavy (non-hydrogen) atoms. The highest BCUT2D eigenvalue weighted by Crippen LogP contribution is 2.11. The number of hydrogen-bond donors (Lipinski definition) is 3. The lowest BCUT2D eigenvalue weighted by Gasteiger charge is -2.20. The maximum atomic E-state index is 9.68. The Hall–Kier alpha value is -0.120. The SMILES string of the molecule is CCC(CC)C(O)CNC[C@H](C)O. The number of aliphatic hydroxyl groups excluding tert-OH is 2. The summed E-state index contributed by atoms with van der Waals surface area (Å²) in [5.41, 5.74) is 0. The first-order valence-electron chi connectivity index (χ1n) is 5.18. The molecular formula is C10H23NO2. The van der Waals surface area contributed by atoms with Crippen molar-refractivity contribution in [3.63, 3.8) is 0 Å². The molecule has 0 rings (SSSR count). The van der Waals surface area contributed by atoms with Crippen molar-refractivity contribution in [1.82, 2.24) is 5.32 Å². The van der Waals surface area contributed by atoms with Crippen LogP contribution in [-0.2, 0) is 0 Å². The van der Waals surface area contributed by atoms with Crippen molar-refractivity contribution in [3.8, 4) is 0 Å². The third kappa shape index (κ3) is 6.02. The second-order valence-corrected chi connectivity index (χ2v) is 3.65. The van der Waals surface area contributed by atoms with Crippen LogP contribution in [0.15, 0.2) is 0 Å². The summed E-state index contributed by atoms with van der Waals surface area (Å²) in [5, 5.41) is 21.7. The maximum absolute atomic E-state index is 9.68. The summed E-state index contributed by atoms with van der Waals surface area (Å²) in [6.45, 7) is 7.04. The first-order chi connectivity index (χ1) is 6.11. The van der Waals surface area contributed by atoms with Crippen LogP contribution in [0.3, 0.4) is 0 Å². The van der Waals surface area contributed by atoms with E-state index in [1.165, 1.54) is 0 Å². The Bertz CT molecular complexity index is 113. The Balaban J connectivity index is 3.53. The average Bonchev–Trinajstić information content (AvgIpc) is 2.05. The molecule has 3 nitrogen and oxygen atoms in total. The minimum Gasteiger partial charge on any atom is -0.392 e. The first kappa shape index (κ1) is 12.9. The van der Waals surface area contributed by atoms with Gasteiger partial charge < -0.3 is 15.5 Å². The van der Waals surface area contributed by atoms with E-state index in [4.69, 9.17) is 5.11 Å². The molecule has 0 saturated carbocycles. The third-order valence-electron chi connectivity index (χ3n) is 2.39. The Morgan fingerprint density at radius 1 is 1.08 bits per heavy atom. The van der Waals surface area contributed by atoms with Crippen molar-refractivity contribution >= 4 is 0 Å². The molecule has 0 radical (unpaired) electrons. The van der Waals surface area contributed by atoms with Crippen LogP contribution in [0.5, 0.6) is 0 Å². The molecule has 0 spiro atoms. The van der Waals surface area contributed by atoms with Crippen molar-refractivity contribution in [2.45, 2.75) is 45.8 Å². The molecule has 1 unspecified atom stereocenters. The fraction of sp³-hybridized carbons (Fsp3) is 1.00. The van der Waals surface area contributed by atoms with Gasteiger partial charge in [-0.15, -0.1) is 0 Å². The highest BCUT2D eigenvalue weighted by Gasteiger charge is 2.14. The average molecular weight is 189 g/mol. The zero-order valence-corrected chi connectivity index (χ0v) is 8.95. The van der Waals surface area contributed by atoms with Crippen molar-refractivity contribution < 1.29 is 10.2 Å². The Kier molecular flexibility index (Phi) is 7.23. The van der Waals surface area contributed by atoms with Gasteiger partial charge in [0.05, 0.1) is 12.2 Å². The summed E-state index contributed by atoms with van der Waals surface area (Å²) < 4.78 is 0. The highest BCUT2D eigenvalue weighted by molar-refractivity contribution is 4.69. The van der Waals surface area contributed by atoms with Gasteiger partial charge in [-0.05, 0) is 12.8 Å². The minimum absolute atomic E-state index is 0.284. The van der Waals surface area contributed by atoms with Crippen LogP contribution in [0, 0.1) is 5.92 Å². The molecule has 2 atom stereocenters. The van der Waals surface area contributed by atoms with Gasteiger partial charge in [0.15, 0.2) is 0 Å². The van der Waals surface area contributed by atoms with E-state index in [1.807, 2.05) is 0 Å². The van der Waals surface area contributed by atoms with Crippen LogP contribution in [0.25, 0.3) is 0 Å². The maximum Gasteiger partial charge on any atom is 0.0692 e. The molecule has 0 heterocycles. The van der Waals surface area contributed by atoms with Gasteiger partial charge in [0.25, 0.3) is 0 Å². The number of nitrogens with one attached hydrogen (secondary N) is 1. The van der Waals surface area contributed by atoms with Gasteiger partial charge in [0.1, 0.15) is 0 Å². The quantitative estimate of drug-likeness (QED) is 0.554. The Labute approximate surface area is 81.2 Å². The van der Waals surface area contributed by atoms with Crippen molar-refractivity contribution in [3.05, 3.63) is 0 Å². The molecular weight excluding hydrogens is 166 g/mol. The van der Waals surface area contributed by atoms with Gasteiger partial charge in [-0.2, -0.15) is 0 Å². The third-order valence-corrected chi connectivity index (χ3v) is 2.39. The van der Waals surface area contributed by atoms with E-state index in [-0.39, 0.29) is 12.2 Å². The summed E-state index contributed by atoms with van der Waals surface area (Å²) in [4.78, 5) is 0. The normalized spacial score (nSPS) is 16.2.